The maximum atomic E-state index is 12.9. The van der Waals surface area contributed by atoms with Gasteiger partial charge in [-0.2, -0.15) is 0 Å². The highest BCUT2D eigenvalue weighted by Gasteiger charge is 2.27. The molecule has 27 heavy (non-hydrogen) atoms. The van der Waals surface area contributed by atoms with Gasteiger partial charge in [-0.15, -0.1) is 11.8 Å². The van der Waals surface area contributed by atoms with Gasteiger partial charge in [0.05, 0.1) is 5.75 Å². The van der Waals surface area contributed by atoms with Gasteiger partial charge in [0.1, 0.15) is 5.82 Å². The predicted octanol–water partition coefficient (Wildman–Crippen LogP) is 3.47. The van der Waals surface area contributed by atoms with Crippen LogP contribution >= 0.6 is 11.8 Å². The van der Waals surface area contributed by atoms with E-state index in [0.29, 0.717) is 38.2 Å². The van der Waals surface area contributed by atoms with Crippen LogP contribution in [0.1, 0.15) is 18.4 Å². The lowest BCUT2D eigenvalue weighted by Crippen LogP contribution is -2.43. The normalized spacial score (nSPS) is 14.8. The average molecular weight is 386 g/mol. The van der Waals surface area contributed by atoms with Crippen LogP contribution in [0.15, 0.2) is 59.5 Å². The Morgan fingerprint density at radius 2 is 1.70 bits per heavy atom. The molecule has 6 heteroatoms. The first-order chi connectivity index (χ1) is 13.1. The Morgan fingerprint density at radius 1 is 1.04 bits per heavy atom. The number of piperidine rings is 1. The molecule has 0 bridgehead atoms. The number of carbonyl (C=O) groups is 2. The topological polar surface area (TPSA) is 49.4 Å². The molecule has 0 saturated carbocycles. The standard InChI is InChI=1S/C21H23FN2O2S/c22-18-8-6-16(7-9-18)14-23-21(26)17-10-12-24(13-11-17)20(25)15-27-19-4-2-1-3-5-19/h1-9,17H,10-15H2,(H,23,26). The lowest BCUT2D eigenvalue weighted by Gasteiger charge is -2.31. The molecule has 1 aliphatic rings. The van der Waals surface area contributed by atoms with E-state index in [1.165, 1.54) is 23.9 Å². The number of hydrogen-bond acceptors (Lipinski definition) is 3. The lowest BCUT2D eigenvalue weighted by atomic mass is 9.96. The highest BCUT2D eigenvalue weighted by atomic mass is 32.2. The Kier molecular flexibility index (Phi) is 6.87. The SMILES string of the molecule is O=C(NCc1ccc(F)cc1)C1CCN(C(=O)CSc2ccccc2)CC1. The first-order valence-corrected chi connectivity index (χ1v) is 10.1. The molecular formula is C21H23FN2O2S. The zero-order chi connectivity index (χ0) is 19.1. The number of benzene rings is 2. The van der Waals surface area contributed by atoms with Gasteiger partial charge in [0.2, 0.25) is 11.8 Å². The van der Waals surface area contributed by atoms with E-state index in [1.807, 2.05) is 35.2 Å². The smallest absolute Gasteiger partial charge is 0.232 e. The van der Waals surface area contributed by atoms with Gasteiger partial charge in [-0.3, -0.25) is 9.59 Å². The van der Waals surface area contributed by atoms with Crippen molar-refractivity contribution in [2.24, 2.45) is 5.92 Å². The van der Waals surface area contributed by atoms with Crippen LogP contribution in [0.5, 0.6) is 0 Å². The molecule has 0 aliphatic carbocycles. The Bertz CT molecular complexity index is 760. The summed E-state index contributed by atoms with van der Waals surface area (Å²) >= 11 is 1.54. The minimum absolute atomic E-state index is 0.00471. The molecule has 1 saturated heterocycles. The van der Waals surface area contributed by atoms with E-state index >= 15 is 0 Å². The molecule has 1 heterocycles. The summed E-state index contributed by atoms with van der Waals surface area (Å²) in [5.74, 6) is 0.189. The molecule has 0 aromatic heterocycles. The fourth-order valence-corrected chi connectivity index (χ4v) is 3.90. The van der Waals surface area contributed by atoms with E-state index in [0.717, 1.165) is 10.5 Å². The third-order valence-electron chi connectivity index (χ3n) is 4.70. The van der Waals surface area contributed by atoms with Crippen LogP contribution in [0.4, 0.5) is 4.39 Å². The molecule has 1 N–H and O–H groups in total. The lowest BCUT2D eigenvalue weighted by molar-refractivity contribution is -0.133. The number of halogens is 1. The number of thioether (sulfide) groups is 1. The Morgan fingerprint density at radius 3 is 2.37 bits per heavy atom. The molecule has 4 nitrogen and oxygen atoms in total. The van der Waals surface area contributed by atoms with Crippen LogP contribution in [0.25, 0.3) is 0 Å². The Hall–Kier alpha value is -2.34. The largest absolute Gasteiger partial charge is 0.352 e. The van der Waals surface area contributed by atoms with Crippen LogP contribution in [0, 0.1) is 11.7 Å². The van der Waals surface area contributed by atoms with Crippen molar-refractivity contribution in [3.05, 3.63) is 66.0 Å². The number of carbonyl (C=O) groups excluding carboxylic acids is 2. The molecular weight excluding hydrogens is 363 g/mol. The van der Waals surface area contributed by atoms with Crippen LogP contribution in [-0.2, 0) is 16.1 Å². The van der Waals surface area contributed by atoms with Crippen molar-refractivity contribution in [1.29, 1.82) is 0 Å². The van der Waals surface area contributed by atoms with Crippen molar-refractivity contribution in [2.45, 2.75) is 24.3 Å². The van der Waals surface area contributed by atoms with Gasteiger partial charge >= 0.3 is 0 Å². The quantitative estimate of drug-likeness (QED) is 0.774. The molecule has 142 valence electrons. The molecule has 2 aromatic rings. The summed E-state index contributed by atoms with van der Waals surface area (Å²) in [5, 5.41) is 2.91. The summed E-state index contributed by atoms with van der Waals surface area (Å²) in [7, 11) is 0. The third-order valence-corrected chi connectivity index (χ3v) is 5.70. The summed E-state index contributed by atoms with van der Waals surface area (Å²) in [6.07, 6.45) is 1.36. The van der Waals surface area contributed by atoms with Crippen LogP contribution in [-0.4, -0.2) is 35.6 Å². The van der Waals surface area contributed by atoms with Crippen molar-refractivity contribution in [2.75, 3.05) is 18.8 Å². The fraction of sp³-hybridized carbons (Fsp3) is 0.333. The monoisotopic (exact) mass is 386 g/mol. The Balaban J connectivity index is 1.39. The van der Waals surface area contributed by atoms with E-state index in [9.17, 15) is 14.0 Å². The number of nitrogens with one attached hydrogen (secondary N) is 1. The van der Waals surface area contributed by atoms with Crippen molar-refractivity contribution in [3.8, 4) is 0 Å². The Labute approximate surface area is 163 Å². The average Bonchev–Trinajstić information content (AvgIpc) is 2.72. The van der Waals surface area contributed by atoms with Crippen molar-refractivity contribution < 1.29 is 14.0 Å². The number of likely N-dealkylation sites (tertiary alicyclic amines) is 1. The number of hydrogen-bond donors (Lipinski definition) is 1. The minimum atomic E-state index is -0.285. The van der Waals surface area contributed by atoms with Crippen molar-refractivity contribution in [3.63, 3.8) is 0 Å². The van der Waals surface area contributed by atoms with Gasteiger partial charge in [0.25, 0.3) is 0 Å². The second-order valence-corrected chi connectivity index (χ2v) is 7.65. The molecule has 3 rings (SSSR count). The predicted molar refractivity (Wildman–Crippen MR) is 105 cm³/mol. The summed E-state index contributed by atoms with van der Waals surface area (Å²) in [5.41, 5.74) is 0.871. The molecule has 1 fully saturated rings. The first-order valence-electron chi connectivity index (χ1n) is 9.09. The second kappa shape index (κ2) is 9.55. The van der Waals surface area contributed by atoms with Gasteiger partial charge < -0.3 is 10.2 Å². The molecule has 1 aliphatic heterocycles. The molecule has 0 unspecified atom stereocenters. The van der Waals surface area contributed by atoms with E-state index in [-0.39, 0.29) is 23.5 Å². The number of rotatable bonds is 6. The highest BCUT2D eigenvalue weighted by molar-refractivity contribution is 8.00. The van der Waals surface area contributed by atoms with Crippen LogP contribution < -0.4 is 5.32 Å². The summed E-state index contributed by atoms with van der Waals surface area (Å²) < 4.78 is 12.9. The van der Waals surface area contributed by atoms with Crippen molar-refractivity contribution >= 4 is 23.6 Å². The molecule has 0 atom stereocenters. The summed E-state index contributed by atoms with van der Waals surface area (Å²) in [6, 6.07) is 16.0. The number of amides is 2. The fourth-order valence-electron chi connectivity index (χ4n) is 3.08. The number of nitrogens with zero attached hydrogens (tertiary/aromatic N) is 1. The second-order valence-electron chi connectivity index (χ2n) is 6.60. The zero-order valence-corrected chi connectivity index (χ0v) is 15.9. The van der Waals surface area contributed by atoms with Crippen LogP contribution in [0.3, 0.4) is 0 Å². The summed E-state index contributed by atoms with van der Waals surface area (Å²) in [6.45, 7) is 1.62. The van der Waals surface area contributed by atoms with E-state index in [4.69, 9.17) is 0 Å². The van der Waals surface area contributed by atoms with E-state index in [1.54, 1.807) is 12.1 Å². The van der Waals surface area contributed by atoms with Crippen molar-refractivity contribution in [1.82, 2.24) is 10.2 Å². The van der Waals surface area contributed by atoms with Gasteiger partial charge in [0, 0.05) is 30.4 Å². The third kappa shape index (κ3) is 5.82. The molecule has 2 aromatic carbocycles. The maximum absolute atomic E-state index is 12.9. The summed E-state index contributed by atoms with van der Waals surface area (Å²) in [4.78, 5) is 27.6. The van der Waals surface area contributed by atoms with Gasteiger partial charge in [-0.25, -0.2) is 4.39 Å². The van der Waals surface area contributed by atoms with E-state index < -0.39 is 0 Å². The van der Waals surface area contributed by atoms with Gasteiger partial charge in [-0.05, 0) is 42.7 Å². The molecule has 0 spiro atoms. The molecule has 2 amide bonds. The van der Waals surface area contributed by atoms with Gasteiger partial charge in [0.15, 0.2) is 0 Å². The first kappa shape index (κ1) is 19.4. The van der Waals surface area contributed by atoms with E-state index in [2.05, 4.69) is 5.32 Å². The maximum Gasteiger partial charge on any atom is 0.232 e. The van der Waals surface area contributed by atoms with Gasteiger partial charge in [-0.1, -0.05) is 30.3 Å². The van der Waals surface area contributed by atoms with Crippen LogP contribution in [0.2, 0.25) is 0 Å². The molecule has 0 radical (unpaired) electrons. The minimum Gasteiger partial charge on any atom is -0.352 e. The highest BCUT2D eigenvalue weighted by Crippen LogP contribution is 2.21. The zero-order valence-electron chi connectivity index (χ0n) is 15.1.